The fraction of sp³-hybridized carbons (Fsp3) is 0.250. The van der Waals surface area contributed by atoms with E-state index in [1.165, 1.54) is 0 Å². The number of nitrogens with zero attached hydrogens (tertiary/aromatic N) is 3. The smallest absolute Gasteiger partial charge is 0.278 e. The Hall–Kier alpha value is -3.55. The molecule has 0 saturated carbocycles. The number of carboxylic acid groups (broad SMARTS) is 1. The molecule has 0 unspecified atom stereocenters. The van der Waals surface area contributed by atoms with Crippen molar-refractivity contribution in [2.24, 2.45) is 0 Å². The van der Waals surface area contributed by atoms with E-state index in [0.717, 1.165) is 10.2 Å². The molecule has 0 saturated heterocycles. The van der Waals surface area contributed by atoms with Crippen molar-refractivity contribution in [3.63, 3.8) is 0 Å². The molecular formula is C20H19N4O4-. The van der Waals surface area contributed by atoms with Crippen LogP contribution in [0.4, 0.5) is 0 Å². The van der Waals surface area contributed by atoms with Crippen molar-refractivity contribution in [1.82, 2.24) is 20.3 Å². The maximum absolute atomic E-state index is 12.9. The summed E-state index contributed by atoms with van der Waals surface area (Å²) < 4.78 is 1.01. The molecule has 1 N–H and O–H groups in total. The summed E-state index contributed by atoms with van der Waals surface area (Å²) in [4.78, 5) is 37.0. The van der Waals surface area contributed by atoms with Crippen molar-refractivity contribution < 1.29 is 14.7 Å². The van der Waals surface area contributed by atoms with Gasteiger partial charge in [-0.1, -0.05) is 54.6 Å². The first-order valence-electron chi connectivity index (χ1n) is 8.90. The number of hydrogen-bond donors (Lipinski definition) is 1. The molecule has 144 valence electrons. The van der Waals surface area contributed by atoms with E-state index in [4.69, 9.17) is 0 Å². The van der Waals surface area contributed by atoms with Crippen LogP contribution in [-0.2, 0) is 16.0 Å². The largest absolute Gasteiger partial charge is 0.548 e. The highest BCUT2D eigenvalue weighted by Gasteiger charge is 2.26. The van der Waals surface area contributed by atoms with Crippen molar-refractivity contribution in [2.75, 3.05) is 0 Å². The standard InChI is InChI=1S/C20H20N4O4/c1-2-15(20(27)28)21-18(25)17(12-13-8-4-3-5-9-13)24-19(26)14-10-6-7-11-16(14)22-23-24/h3-11,15,17H,2,12H2,1H3,(H,21,25)(H,27,28)/p-1/t15-,17+/m1/s1. The van der Waals surface area contributed by atoms with Crippen LogP contribution in [0.1, 0.15) is 24.9 Å². The Morgan fingerprint density at radius 3 is 2.46 bits per heavy atom. The van der Waals surface area contributed by atoms with Crippen molar-refractivity contribution in [2.45, 2.75) is 31.8 Å². The lowest BCUT2D eigenvalue weighted by Gasteiger charge is -2.23. The van der Waals surface area contributed by atoms with Gasteiger partial charge in [-0.25, -0.2) is 0 Å². The Labute approximate surface area is 160 Å². The summed E-state index contributed by atoms with van der Waals surface area (Å²) in [5.74, 6) is -2.02. The number of rotatable bonds is 7. The van der Waals surface area contributed by atoms with E-state index in [-0.39, 0.29) is 12.8 Å². The van der Waals surface area contributed by atoms with E-state index in [2.05, 4.69) is 15.6 Å². The second kappa shape index (κ2) is 8.43. The number of amides is 1. The van der Waals surface area contributed by atoms with Crippen LogP contribution in [0.3, 0.4) is 0 Å². The quantitative estimate of drug-likeness (QED) is 0.628. The number of benzene rings is 2. The SMILES string of the molecule is CC[C@@H](NC(=O)[C@H](Cc1ccccc1)n1nnc2ccccc2c1=O)C(=O)[O-]. The number of hydrogen-bond acceptors (Lipinski definition) is 6. The van der Waals surface area contributed by atoms with Gasteiger partial charge in [0.05, 0.1) is 17.4 Å². The van der Waals surface area contributed by atoms with Gasteiger partial charge in [-0.3, -0.25) is 9.59 Å². The lowest BCUT2D eigenvalue weighted by Crippen LogP contribution is -2.50. The van der Waals surface area contributed by atoms with E-state index in [1.54, 1.807) is 31.2 Å². The predicted molar refractivity (Wildman–Crippen MR) is 100 cm³/mol. The second-order valence-electron chi connectivity index (χ2n) is 6.35. The molecule has 0 aliphatic rings. The molecule has 8 heteroatoms. The van der Waals surface area contributed by atoms with Crippen LogP contribution in [0.15, 0.2) is 59.4 Å². The van der Waals surface area contributed by atoms with Gasteiger partial charge in [0.25, 0.3) is 5.56 Å². The van der Waals surface area contributed by atoms with Crippen molar-refractivity contribution in [1.29, 1.82) is 0 Å². The van der Waals surface area contributed by atoms with Crippen LogP contribution < -0.4 is 16.0 Å². The van der Waals surface area contributed by atoms with Crippen LogP contribution in [-0.4, -0.2) is 32.9 Å². The van der Waals surface area contributed by atoms with Crippen molar-refractivity contribution in [3.8, 4) is 0 Å². The first kappa shape index (κ1) is 19.2. The van der Waals surface area contributed by atoms with Crippen molar-refractivity contribution >= 4 is 22.8 Å². The molecule has 3 aromatic rings. The number of fused-ring (bicyclic) bond motifs is 1. The molecule has 8 nitrogen and oxygen atoms in total. The zero-order valence-corrected chi connectivity index (χ0v) is 15.2. The van der Waals surface area contributed by atoms with Crippen LogP contribution in [0.5, 0.6) is 0 Å². The Bertz CT molecular complexity index is 1050. The van der Waals surface area contributed by atoms with Gasteiger partial charge < -0.3 is 15.2 Å². The second-order valence-corrected chi connectivity index (χ2v) is 6.35. The number of carboxylic acids is 1. The van der Waals surface area contributed by atoms with Gasteiger partial charge in [0.15, 0.2) is 0 Å². The summed E-state index contributed by atoms with van der Waals surface area (Å²) >= 11 is 0. The summed E-state index contributed by atoms with van der Waals surface area (Å²) in [6.45, 7) is 1.62. The molecule has 1 heterocycles. The molecule has 0 aliphatic heterocycles. The molecule has 2 atom stereocenters. The van der Waals surface area contributed by atoms with Crippen LogP contribution in [0.2, 0.25) is 0 Å². The maximum Gasteiger partial charge on any atom is 0.278 e. The molecule has 2 aromatic carbocycles. The number of carbonyl (C=O) groups is 2. The van der Waals surface area contributed by atoms with Gasteiger partial charge in [-0.05, 0) is 24.1 Å². The number of aliphatic carboxylic acids is 1. The molecule has 0 radical (unpaired) electrons. The summed E-state index contributed by atoms with van der Waals surface area (Å²) in [5.41, 5.74) is 0.748. The highest BCUT2D eigenvalue weighted by atomic mass is 16.4. The van der Waals surface area contributed by atoms with E-state index in [0.29, 0.717) is 10.9 Å². The minimum absolute atomic E-state index is 0.156. The Balaban J connectivity index is 2.03. The highest BCUT2D eigenvalue weighted by Crippen LogP contribution is 2.14. The normalized spacial score (nSPS) is 13.0. The minimum atomic E-state index is -1.38. The van der Waals surface area contributed by atoms with Gasteiger partial charge in [-0.15, -0.1) is 5.10 Å². The molecule has 3 rings (SSSR count). The predicted octanol–water partition coefficient (Wildman–Crippen LogP) is 0.220. The molecule has 1 aromatic heterocycles. The Kier molecular flexibility index (Phi) is 5.78. The van der Waals surface area contributed by atoms with Gasteiger partial charge in [0.2, 0.25) is 5.91 Å². The number of carbonyl (C=O) groups excluding carboxylic acids is 2. The maximum atomic E-state index is 12.9. The molecule has 0 bridgehead atoms. The van der Waals surface area contributed by atoms with Gasteiger partial charge in [0, 0.05) is 6.42 Å². The van der Waals surface area contributed by atoms with Crippen LogP contribution in [0, 0.1) is 0 Å². The first-order valence-corrected chi connectivity index (χ1v) is 8.90. The van der Waals surface area contributed by atoms with E-state index < -0.39 is 29.5 Å². The van der Waals surface area contributed by atoms with Crippen LogP contribution >= 0.6 is 0 Å². The lowest BCUT2D eigenvalue weighted by atomic mass is 10.0. The van der Waals surface area contributed by atoms with Gasteiger partial charge in [-0.2, -0.15) is 4.68 Å². The first-order chi connectivity index (χ1) is 13.5. The van der Waals surface area contributed by atoms with E-state index in [1.807, 2.05) is 30.3 Å². The lowest BCUT2D eigenvalue weighted by molar-refractivity contribution is -0.308. The Morgan fingerprint density at radius 1 is 1.11 bits per heavy atom. The zero-order chi connectivity index (χ0) is 20.1. The summed E-state index contributed by atoms with van der Waals surface area (Å²) in [7, 11) is 0. The number of aromatic nitrogens is 3. The average molecular weight is 379 g/mol. The van der Waals surface area contributed by atoms with E-state index in [9.17, 15) is 19.5 Å². The molecular weight excluding hydrogens is 360 g/mol. The topological polar surface area (TPSA) is 117 Å². The van der Waals surface area contributed by atoms with E-state index >= 15 is 0 Å². The third-order valence-corrected chi connectivity index (χ3v) is 4.47. The molecule has 0 aliphatic carbocycles. The molecule has 0 spiro atoms. The van der Waals surface area contributed by atoms with Crippen molar-refractivity contribution in [3.05, 3.63) is 70.5 Å². The third kappa shape index (κ3) is 4.06. The zero-order valence-electron chi connectivity index (χ0n) is 15.2. The number of nitrogens with one attached hydrogen (secondary N) is 1. The third-order valence-electron chi connectivity index (χ3n) is 4.47. The summed E-state index contributed by atoms with van der Waals surface area (Å²) in [6.07, 6.45) is 0.313. The average Bonchev–Trinajstić information content (AvgIpc) is 2.71. The monoisotopic (exact) mass is 379 g/mol. The highest BCUT2D eigenvalue weighted by molar-refractivity contribution is 5.86. The summed E-state index contributed by atoms with van der Waals surface area (Å²) in [6, 6.07) is 13.6. The Morgan fingerprint density at radius 2 is 1.79 bits per heavy atom. The van der Waals surface area contributed by atoms with Crippen LogP contribution in [0.25, 0.3) is 10.9 Å². The molecule has 28 heavy (non-hydrogen) atoms. The van der Waals surface area contributed by atoms with Gasteiger partial charge in [0.1, 0.15) is 11.6 Å². The minimum Gasteiger partial charge on any atom is -0.548 e. The fourth-order valence-electron chi connectivity index (χ4n) is 2.93. The summed E-state index contributed by atoms with van der Waals surface area (Å²) in [5, 5.41) is 21.9. The molecule has 0 fully saturated rings. The van der Waals surface area contributed by atoms with Gasteiger partial charge >= 0.3 is 0 Å². The molecule has 1 amide bonds. The fourth-order valence-corrected chi connectivity index (χ4v) is 2.93.